The Morgan fingerprint density at radius 1 is 1.00 bits per heavy atom. The lowest BCUT2D eigenvalue weighted by molar-refractivity contribution is -0.111. The third-order valence-electron chi connectivity index (χ3n) is 3.49. The lowest BCUT2D eigenvalue weighted by atomic mass is 10.2. The van der Waals surface area contributed by atoms with Gasteiger partial charge in [0.1, 0.15) is 12.1 Å². The predicted octanol–water partition coefficient (Wildman–Crippen LogP) is 3.49. The molecule has 8 heteroatoms. The Hall–Kier alpha value is -3.94. The van der Waals surface area contributed by atoms with Gasteiger partial charge < -0.3 is 20.7 Å². The molecule has 0 aliphatic rings. The van der Waals surface area contributed by atoms with Gasteiger partial charge in [-0.05, 0) is 48.5 Å². The first-order valence-electron chi connectivity index (χ1n) is 8.07. The highest BCUT2D eigenvalue weighted by molar-refractivity contribution is 5.99. The Morgan fingerprint density at radius 2 is 1.67 bits per heavy atom. The van der Waals surface area contributed by atoms with E-state index in [-0.39, 0.29) is 5.91 Å². The van der Waals surface area contributed by atoms with Crippen molar-refractivity contribution in [3.63, 3.8) is 0 Å². The largest absolute Gasteiger partial charge is 0.497 e. The van der Waals surface area contributed by atoms with Crippen molar-refractivity contribution in [1.29, 1.82) is 0 Å². The van der Waals surface area contributed by atoms with Crippen LogP contribution in [0, 0.1) is 0 Å². The molecule has 0 saturated heterocycles. The van der Waals surface area contributed by atoms with Gasteiger partial charge in [0.2, 0.25) is 17.8 Å². The number of aromatic nitrogens is 3. The molecule has 0 radical (unpaired) electrons. The lowest BCUT2D eigenvalue weighted by Gasteiger charge is -2.09. The molecule has 1 amide bonds. The number of methoxy groups -OCH3 is 1. The van der Waals surface area contributed by atoms with Crippen LogP contribution >= 0.6 is 0 Å². The van der Waals surface area contributed by atoms with Crippen LogP contribution in [0.2, 0.25) is 0 Å². The zero-order valence-corrected chi connectivity index (χ0v) is 14.6. The molecule has 0 bridgehead atoms. The standard InChI is InChI=1S/C19H18N6O2/c1-3-17(26)22-14-5-4-6-15(11-14)24-19-21-12-20-18(25-19)23-13-7-9-16(27-2)10-8-13/h3-12H,1H2,2H3,(H,22,26)(H2,20,21,23,24,25). The van der Waals surface area contributed by atoms with Crippen LogP contribution < -0.4 is 20.7 Å². The smallest absolute Gasteiger partial charge is 0.247 e. The first kappa shape index (κ1) is 17.9. The van der Waals surface area contributed by atoms with E-state index in [4.69, 9.17) is 4.74 Å². The molecule has 8 nitrogen and oxygen atoms in total. The number of rotatable bonds is 7. The Labute approximate surface area is 156 Å². The van der Waals surface area contributed by atoms with Gasteiger partial charge in [0.05, 0.1) is 7.11 Å². The monoisotopic (exact) mass is 362 g/mol. The van der Waals surface area contributed by atoms with E-state index in [9.17, 15) is 4.79 Å². The van der Waals surface area contributed by atoms with Gasteiger partial charge in [0.15, 0.2) is 0 Å². The minimum atomic E-state index is -0.279. The Bertz CT molecular complexity index is 943. The number of anilines is 5. The van der Waals surface area contributed by atoms with Gasteiger partial charge in [0, 0.05) is 17.1 Å². The topological polar surface area (TPSA) is 101 Å². The van der Waals surface area contributed by atoms with Crippen molar-refractivity contribution >= 4 is 34.9 Å². The summed E-state index contributed by atoms with van der Waals surface area (Å²) < 4.78 is 5.13. The van der Waals surface area contributed by atoms with Crippen molar-refractivity contribution in [2.75, 3.05) is 23.1 Å². The average molecular weight is 362 g/mol. The van der Waals surface area contributed by atoms with Crippen LogP contribution in [0.4, 0.5) is 29.0 Å². The molecule has 0 atom stereocenters. The first-order valence-corrected chi connectivity index (χ1v) is 8.07. The normalized spacial score (nSPS) is 9.96. The average Bonchev–Trinajstić information content (AvgIpc) is 2.69. The number of carbonyl (C=O) groups excluding carboxylic acids is 1. The summed E-state index contributed by atoms with van der Waals surface area (Å²) in [5.41, 5.74) is 2.18. The number of hydrogen-bond donors (Lipinski definition) is 3. The number of carbonyl (C=O) groups is 1. The van der Waals surface area contributed by atoms with Gasteiger partial charge in [-0.25, -0.2) is 9.97 Å². The summed E-state index contributed by atoms with van der Waals surface area (Å²) in [4.78, 5) is 24.0. The van der Waals surface area contributed by atoms with Gasteiger partial charge in [-0.1, -0.05) is 12.6 Å². The third-order valence-corrected chi connectivity index (χ3v) is 3.49. The zero-order valence-electron chi connectivity index (χ0n) is 14.6. The number of amides is 1. The summed E-state index contributed by atoms with van der Waals surface area (Å²) in [5, 5.41) is 8.88. The molecule has 0 spiro atoms. The quantitative estimate of drug-likeness (QED) is 0.553. The molecule has 0 fully saturated rings. The summed E-state index contributed by atoms with van der Waals surface area (Å²) in [6, 6.07) is 14.6. The molecule has 3 aromatic rings. The van der Waals surface area contributed by atoms with Crippen LogP contribution in [-0.4, -0.2) is 28.0 Å². The predicted molar refractivity (Wildman–Crippen MR) is 105 cm³/mol. The molecule has 3 rings (SSSR count). The summed E-state index contributed by atoms with van der Waals surface area (Å²) in [5.74, 6) is 1.25. The van der Waals surface area contributed by atoms with E-state index >= 15 is 0 Å². The van der Waals surface area contributed by atoms with E-state index in [0.717, 1.165) is 17.1 Å². The number of nitrogens with one attached hydrogen (secondary N) is 3. The zero-order chi connectivity index (χ0) is 19.1. The van der Waals surface area contributed by atoms with Gasteiger partial charge >= 0.3 is 0 Å². The maximum absolute atomic E-state index is 11.4. The minimum absolute atomic E-state index is 0.279. The molecule has 27 heavy (non-hydrogen) atoms. The van der Waals surface area contributed by atoms with Crippen molar-refractivity contribution in [3.8, 4) is 5.75 Å². The van der Waals surface area contributed by atoms with Crippen molar-refractivity contribution in [1.82, 2.24) is 15.0 Å². The van der Waals surface area contributed by atoms with E-state index in [2.05, 4.69) is 37.5 Å². The van der Waals surface area contributed by atoms with Gasteiger partial charge in [-0.2, -0.15) is 4.98 Å². The molecular formula is C19H18N6O2. The second-order valence-electron chi connectivity index (χ2n) is 5.39. The maximum atomic E-state index is 11.4. The molecule has 136 valence electrons. The van der Waals surface area contributed by atoms with E-state index in [1.165, 1.54) is 12.4 Å². The van der Waals surface area contributed by atoms with Crippen molar-refractivity contribution in [3.05, 3.63) is 67.5 Å². The van der Waals surface area contributed by atoms with E-state index in [1.54, 1.807) is 25.3 Å². The number of benzene rings is 2. The minimum Gasteiger partial charge on any atom is -0.497 e. The molecule has 1 heterocycles. The molecule has 0 unspecified atom stereocenters. The van der Waals surface area contributed by atoms with E-state index < -0.39 is 0 Å². The first-order chi connectivity index (χ1) is 13.2. The molecule has 1 aromatic heterocycles. The van der Waals surface area contributed by atoms with Crippen molar-refractivity contribution in [2.24, 2.45) is 0 Å². The third kappa shape index (κ3) is 5.02. The van der Waals surface area contributed by atoms with Gasteiger partial charge in [0.25, 0.3) is 0 Å². The maximum Gasteiger partial charge on any atom is 0.247 e. The van der Waals surface area contributed by atoms with E-state index in [0.29, 0.717) is 17.6 Å². The summed E-state index contributed by atoms with van der Waals surface area (Å²) >= 11 is 0. The van der Waals surface area contributed by atoms with Crippen LogP contribution in [0.5, 0.6) is 5.75 Å². The Kier molecular flexibility index (Phi) is 5.58. The molecule has 3 N–H and O–H groups in total. The Balaban J connectivity index is 1.71. The van der Waals surface area contributed by atoms with Gasteiger partial charge in [-0.15, -0.1) is 0 Å². The molecule has 0 saturated carbocycles. The van der Waals surface area contributed by atoms with Crippen molar-refractivity contribution in [2.45, 2.75) is 0 Å². The highest BCUT2D eigenvalue weighted by Gasteiger charge is 2.04. The van der Waals surface area contributed by atoms with Crippen molar-refractivity contribution < 1.29 is 9.53 Å². The fourth-order valence-corrected chi connectivity index (χ4v) is 2.22. The fourth-order valence-electron chi connectivity index (χ4n) is 2.22. The fraction of sp³-hybridized carbons (Fsp3) is 0.0526. The van der Waals surface area contributed by atoms with Gasteiger partial charge in [-0.3, -0.25) is 4.79 Å². The molecular weight excluding hydrogens is 344 g/mol. The second-order valence-corrected chi connectivity index (χ2v) is 5.39. The lowest BCUT2D eigenvalue weighted by Crippen LogP contribution is -2.07. The molecule has 2 aromatic carbocycles. The highest BCUT2D eigenvalue weighted by Crippen LogP contribution is 2.20. The number of nitrogens with zero attached hydrogens (tertiary/aromatic N) is 3. The summed E-state index contributed by atoms with van der Waals surface area (Å²) in [7, 11) is 1.62. The number of hydrogen-bond acceptors (Lipinski definition) is 7. The summed E-state index contributed by atoms with van der Waals surface area (Å²) in [6.45, 7) is 3.43. The molecule has 0 aliphatic heterocycles. The van der Waals surface area contributed by atoms with Crippen LogP contribution in [0.3, 0.4) is 0 Å². The Morgan fingerprint density at radius 3 is 2.33 bits per heavy atom. The highest BCUT2D eigenvalue weighted by atomic mass is 16.5. The van der Waals surface area contributed by atoms with Crippen LogP contribution in [0.15, 0.2) is 67.5 Å². The molecule has 0 aliphatic carbocycles. The van der Waals surface area contributed by atoms with Crippen LogP contribution in [-0.2, 0) is 4.79 Å². The van der Waals surface area contributed by atoms with Crippen LogP contribution in [0.25, 0.3) is 0 Å². The van der Waals surface area contributed by atoms with E-state index in [1.807, 2.05) is 30.3 Å². The second kappa shape index (κ2) is 8.43. The summed E-state index contributed by atoms with van der Waals surface area (Å²) in [6.07, 6.45) is 2.62. The number of ether oxygens (including phenoxy) is 1. The SMILES string of the molecule is C=CC(=O)Nc1cccc(Nc2ncnc(Nc3ccc(OC)cc3)n2)c1. The van der Waals surface area contributed by atoms with Crippen LogP contribution in [0.1, 0.15) is 0 Å².